The van der Waals surface area contributed by atoms with Gasteiger partial charge in [0.25, 0.3) is 0 Å². The molecule has 0 radical (unpaired) electrons. The van der Waals surface area contributed by atoms with Crippen LogP contribution in [0.3, 0.4) is 0 Å². The highest BCUT2D eigenvalue weighted by Gasteiger charge is 2.23. The molecule has 0 aliphatic rings. The minimum Gasteiger partial charge on any atom is -0.491 e. The third-order valence-electron chi connectivity index (χ3n) is 5.85. The van der Waals surface area contributed by atoms with Crippen molar-refractivity contribution in [3.05, 3.63) is 93.8 Å². The number of benzene rings is 2. The summed E-state index contributed by atoms with van der Waals surface area (Å²) in [7, 11) is 0. The Bertz CT molecular complexity index is 1080. The Balaban J connectivity index is 1.94. The lowest BCUT2D eigenvalue weighted by Crippen LogP contribution is -2.24. The normalized spacial score (nSPS) is 12.4. The Morgan fingerprint density at radius 2 is 1.03 bits per heavy atom. The molecular formula is C29H34N2O8. The first-order chi connectivity index (χ1) is 18.5. The van der Waals surface area contributed by atoms with E-state index in [9.17, 15) is 19.4 Å². The van der Waals surface area contributed by atoms with E-state index in [1.807, 2.05) is 24.3 Å². The van der Waals surface area contributed by atoms with Gasteiger partial charge < -0.3 is 18.9 Å². The summed E-state index contributed by atoms with van der Waals surface area (Å²) in [6, 6.07) is 13.2. The van der Waals surface area contributed by atoms with Gasteiger partial charge in [0.05, 0.1) is 0 Å². The summed E-state index contributed by atoms with van der Waals surface area (Å²) in [6.45, 7) is 13.7. The fraction of sp³-hybridized carbons (Fsp3) is 0.379. The van der Waals surface area contributed by atoms with Crippen LogP contribution < -0.4 is 9.47 Å². The first-order valence-corrected chi connectivity index (χ1v) is 12.2. The zero-order valence-electron chi connectivity index (χ0n) is 22.7. The number of hydrogen-bond donors (Lipinski definition) is 0. The van der Waals surface area contributed by atoms with E-state index in [0.717, 1.165) is 11.1 Å². The topological polar surface area (TPSA) is 130 Å². The summed E-state index contributed by atoms with van der Waals surface area (Å²) in [5.74, 6) is -0.0758. The van der Waals surface area contributed by atoms with Gasteiger partial charge in [-0.15, -0.1) is 0 Å². The first-order valence-electron chi connectivity index (χ1n) is 12.2. The molecule has 0 heterocycles. The van der Waals surface area contributed by atoms with Gasteiger partial charge in [0.1, 0.15) is 37.9 Å². The number of nitrogens with zero attached hydrogens (tertiary/aromatic N) is 2. The summed E-state index contributed by atoms with van der Waals surface area (Å²) in [5.41, 5.74) is 2.17. The molecule has 0 amide bonds. The Labute approximate surface area is 227 Å². The Kier molecular flexibility index (Phi) is 11.5. The monoisotopic (exact) mass is 538 g/mol. The molecule has 0 fully saturated rings. The Morgan fingerprint density at radius 1 is 0.692 bits per heavy atom. The highest BCUT2D eigenvalue weighted by molar-refractivity contribution is 5.87. The molecule has 0 aromatic heterocycles. The standard InChI is InChI=1S/C29H34N2O8/c1-19(2)27(32)38-17-23(30-34)15-36-25-11-7-21(8-12-25)29(5,6)22-9-13-26(14-10-22)37-16-24(31-35)18-39-28(33)20(3)4/h7-14,23-24H,1,3,15-18H2,2,4-6H3. The van der Waals surface area contributed by atoms with Crippen LogP contribution in [0, 0.1) is 9.81 Å². The molecule has 0 saturated heterocycles. The molecule has 39 heavy (non-hydrogen) atoms. The molecule has 0 N–H and O–H groups in total. The summed E-state index contributed by atoms with van der Waals surface area (Å²) in [5, 5.41) is 5.90. The number of ether oxygens (including phenoxy) is 4. The van der Waals surface area contributed by atoms with Gasteiger partial charge >= 0.3 is 11.9 Å². The van der Waals surface area contributed by atoms with Crippen LogP contribution in [0.15, 0.2) is 83.2 Å². The van der Waals surface area contributed by atoms with Crippen molar-refractivity contribution in [3.63, 3.8) is 0 Å². The SMILES string of the molecule is C=C(C)C(=O)OCC(COc1ccc(C(C)(C)c2ccc(OCC(COC(=O)C(=C)C)N=O)cc2)cc1)N=O. The molecule has 10 heteroatoms. The number of carbonyl (C=O) groups is 2. The average molecular weight is 539 g/mol. The fourth-order valence-corrected chi connectivity index (χ4v) is 3.30. The predicted molar refractivity (Wildman–Crippen MR) is 147 cm³/mol. The van der Waals surface area contributed by atoms with Crippen molar-refractivity contribution in [1.29, 1.82) is 0 Å². The average Bonchev–Trinajstić information content (AvgIpc) is 2.93. The van der Waals surface area contributed by atoms with Gasteiger partial charge in [0.2, 0.25) is 0 Å². The van der Waals surface area contributed by atoms with Crippen molar-refractivity contribution >= 4 is 11.9 Å². The molecule has 2 unspecified atom stereocenters. The molecule has 2 rings (SSSR count). The lowest BCUT2D eigenvalue weighted by Gasteiger charge is -2.26. The van der Waals surface area contributed by atoms with E-state index >= 15 is 0 Å². The molecule has 0 spiro atoms. The number of nitroso groups, excluding NO2 is 2. The van der Waals surface area contributed by atoms with Crippen molar-refractivity contribution in [3.8, 4) is 11.5 Å². The van der Waals surface area contributed by atoms with Crippen molar-refractivity contribution in [1.82, 2.24) is 0 Å². The molecule has 2 aromatic carbocycles. The van der Waals surface area contributed by atoms with Crippen LogP contribution in [0.1, 0.15) is 38.8 Å². The Hall–Kier alpha value is -4.34. The summed E-state index contributed by atoms with van der Waals surface area (Å²) in [4.78, 5) is 45.1. The summed E-state index contributed by atoms with van der Waals surface area (Å²) >= 11 is 0. The van der Waals surface area contributed by atoms with Crippen LogP contribution in [-0.4, -0.2) is 50.4 Å². The number of esters is 2. The minimum atomic E-state index is -0.839. The molecule has 0 aliphatic carbocycles. The maximum absolute atomic E-state index is 11.5. The zero-order valence-corrected chi connectivity index (χ0v) is 22.7. The minimum absolute atomic E-state index is 0.0337. The third-order valence-corrected chi connectivity index (χ3v) is 5.85. The van der Waals surface area contributed by atoms with Gasteiger partial charge in [-0.2, -0.15) is 9.81 Å². The van der Waals surface area contributed by atoms with Crippen LogP contribution in [-0.2, 0) is 24.5 Å². The summed E-state index contributed by atoms with van der Waals surface area (Å²) < 4.78 is 21.2. The van der Waals surface area contributed by atoms with Crippen molar-refractivity contribution in [2.45, 2.75) is 45.2 Å². The largest absolute Gasteiger partial charge is 0.491 e. The van der Waals surface area contributed by atoms with Crippen molar-refractivity contribution in [2.24, 2.45) is 10.4 Å². The summed E-state index contributed by atoms with van der Waals surface area (Å²) in [6.07, 6.45) is 0. The van der Waals surface area contributed by atoms with E-state index < -0.39 is 24.0 Å². The van der Waals surface area contributed by atoms with Gasteiger partial charge in [-0.25, -0.2) is 9.59 Å². The van der Waals surface area contributed by atoms with Gasteiger partial charge in [0.15, 0.2) is 12.1 Å². The van der Waals surface area contributed by atoms with Crippen LogP contribution >= 0.6 is 0 Å². The molecule has 208 valence electrons. The molecule has 10 nitrogen and oxygen atoms in total. The molecule has 2 atom stereocenters. The van der Waals surface area contributed by atoms with Gasteiger partial charge in [-0.3, -0.25) is 0 Å². The van der Waals surface area contributed by atoms with E-state index in [1.165, 1.54) is 13.8 Å². The van der Waals surface area contributed by atoms with E-state index in [-0.39, 0.29) is 43.0 Å². The molecular weight excluding hydrogens is 504 g/mol. The number of rotatable bonds is 16. The smallest absolute Gasteiger partial charge is 0.333 e. The highest BCUT2D eigenvalue weighted by atomic mass is 16.5. The lowest BCUT2D eigenvalue weighted by molar-refractivity contribution is -0.140. The van der Waals surface area contributed by atoms with E-state index in [0.29, 0.717) is 11.5 Å². The van der Waals surface area contributed by atoms with Crippen LogP contribution in [0.25, 0.3) is 0 Å². The molecule has 0 saturated carbocycles. The van der Waals surface area contributed by atoms with E-state index in [1.54, 1.807) is 24.3 Å². The highest BCUT2D eigenvalue weighted by Crippen LogP contribution is 2.33. The molecule has 0 bridgehead atoms. The quantitative estimate of drug-likeness (QED) is 0.160. The van der Waals surface area contributed by atoms with Gasteiger partial charge in [-0.05, 0) is 49.2 Å². The lowest BCUT2D eigenvalue weighted by atomic mass is 9.78. The van der Waals surface area contributed by atoms with E-state index in [2.05, 4.69) is 37.4 Å². The first kappa shape index (κ1) is 30.9. The van der Waals surface area contributed by atoms with Crippen LogP contribution in [0.2, 0.25) is 0 Å². The number of hydrogen-bond acceptors (Lipinski definition) is 10. The van der Waals surface area contributed by atoms with Crippen LogP contribution in [0.5, 0.6) is 11.5 Å². The maximum Gasteiger partial charge on any atom is 0.333 e. The Morgan fingerprint density at radius 3 is 1.31 bits per heavy atom. The molecule has 0 aliphatic heterocycles. The second-order valence-corrected chi connectivity index (χ2v) is 9.57. The van der Waals surface area contributed by atoms with Crippen molar-refractivity contribution < 1.29 is 28.5 Å². The van der Waals surface area contributed by atoms with Gasteiger partial charge in [0, 0.05) is 16.6 Å². The molecule has 2 aromatic rings. The second-order valence-electron chi connectivity index (χ2n) is 9.57. The number of carbonyl (C=O) groups excluding carboxylic acids is 2. The second kappa shape index (κ2) is 14.6. The van der Waals surface area contributed by atoms with Gasteiger partial charge in [-0.1, -0.05) is 61.6 Å². The fourth-order valence-electron chi connectivity index (χ4n) is 3.30. The maximum atomic E-state index is 11.5. The van der Waals surface area contributed by atoms with Crippen molar-refractivity contribution in [2.75, 3.05) is 26.4 Å². The third kappa shape index (κ3) is 9.48. The zero-order chi connectivity index (χ0) is 29.0. The van der Waals surface area contributed by atoms with Crippen LogP contribution in [0.4, 0.5) is 0 Å². The van der Waals surface area contributed by atoms with E-state index in [4.69, 9.17) is 18.9 Å². The predicted octanol–water partition coefficient (Wildman–Crippen LogP) is 5.28.